The van der Waals surface area contributed by atoms with E-state index in [9.17, 15) is 0 Å². The molecule has 1 saturated heterocycles. The van der Waals surface area contributed by atoms with Crippen molar-refractivity contribution >= 4 is 17.1 Å². The largest absolute Gasteiger partial charge is 3.00 e. The first-order chi connectivity index (χ1) is 11.3. The SMILES string of the molecule is C1=C2/CCC(=N2)/C=C2/CCC([N-]2)C2CCC(=N2)/C=C2/CCC/1=N2.[CH3-].[CH3-].[Co+3]. The van der Waals surface area contributed by atoms with Crippen LogP contribution in [0.2, 0.25) is 0 Å². The van der Waals surface area contributed by atoms with Gasteiger partial charge in [-0.2, -0.15) is 5.70 Å². The Labute approximate surface area is 168 Å². The second kappa shape index (κ2) is 8.48. The van der Waals surface area contributed by atoms with Crippen LogP contribution in [0.3, 0.4) is 0 Å². The van der Waals surface area contributed by atoms with Crippen LogP contribution >= 0.6 is 0 Å². The zero-order chi connectivity index (χ0) is 15.2. The molecule has 0 aromatic rings. The van der Waals surface area contributed by atoms with E-state index in [1.165, 1.54) is 34.2 Å². The van der Waals surface area contributed by atoms with Crippen molar-refractivity contribution in [3.8, 4) is 0 Å². The van der Waals surface area contributed by atoms with E-state index in [0.717, 1.165) is 51.4 Å². The third kappa shape index (κ3) is 4.09. The predicted molar refractivity (Wildman–Crippen MR) is 107 cm³/mol. The first-order valence-electron chi connectivity index (χ1n) is 8.86. The van der Waals surface area contributed by atoms with Crippen molar-refractivity contribution in [2.45, 2.75) is 63.5 Å². The number of aliphatic imine (C=N–C) groups is 3. The van der Waals surface area contributed by atoms with Crippen LogP contribution in [-0.4, -0.2) is 29.2 Å². The molecule has 5 aliphatic rings. The van der Waals surface area contributed by atoms with Gasteiger partial charge >= 0.3 is 16.8 Å². The van der Waals surface area contributed by atoms with Gasteiger partial charge in [0.1, 0.15) is 0 Å². The zero-order valence-electron chi connectivity index (χ0n) is 15.7. The molecule has 4 nitrogen and oxygen atoms in total. The first kappa shape index (κ1) is 20.8. The van der Waals surface area contributed by atoms with E-state index in [1.54, 1.807) is 0 Å². The van der Waals surface area contributed by atoms with Crippen LogP contribution in [0.25, 0.3) is 5.32 Å². The molecule has 0 aromatic heterocycles. The van der Waals surface area contributed by atoms with Gasteiger partial charge in [0, 0.05) is 34.6 Å². The maximum Gasteiger partial charge on any atom is 3.00 e. The average Bonchev–Trinajstić information content (AvgIpc) is 3.28. The molecule has 0 saturated carbocycles. The Bertz CT molecular complexity index is 739. The summed E-state index contributed by atoms with van der Waals surface area (Å²) in [6.07, 6.45) is 15.2. The molecule has 5 aliphatic heterocycles. The van der Waals surface area contributed by atoms with Crippen LogP contribution in [0.4, 0.5) is 0 Å². The molecule has 26 heavy (non-hydrogen) atoms. The van der Waals surface area contributed by atoms with Crippen LogP contribution in [0.1, 0.15) is 51.4 Å². The molecule has 5 heteroatoms. The fourth-order valence-electron chi connectivity index (χ4n) is 4.15. The number of rotatable bonds is 0. The summed E-state index contributed by atoms with van der Waals surface area (Å²) in [5, 5.41) is 4.95. The molecule has 8 bridgehead atoms. The van der Waals surface area contributed by atoms with Crippen LogP contribution in [-0.2, 0) is 16.8 Å². The fraction of sp³-hybridized carbons (Fsp3) is 0.476. The van der Waals surface area contributed by atoms with Crippen LogP contribution in [0, 0.1) is 14.9 Å². The van der Waals surface area contributed by atoms with Gasteiger partial charge in [0.2, 0.25) is 0 Å². The Kier molecular flexibility index (Phi) is 6.80. The first-order valence-corrected chi connectivity index (χ1v) is 8.86. The smallest absolute Gasteiger partial charge is 0.683 e. The molecule has 2 unspecified atom stereocenters. The normalized spacial score (nSPS) is 34.3. The van der Waals surface area contributed by atoms with Gasteiger partial charge in [-0.3, -0.25) is 15.0 Å². The molecule has 0 aromatic carbocycles. The van der Waals surface area contributed by atoms with Gasteiger partial charge in [-0.05, 0) is 57.1 Å². The molecule has 0 aliphatic carbocycles. The minimum Gasteiger partial charge on any atom is -0.683 e. The predicted octanol–water partition coefficient (Wildman–Crippen LogP) is 5.16. The van der Waals surface area contributed by atoms with Gasteiger partial charge in [0.05, 0.1) is 0 Å². The van der Waals surface area contributed by atoms with Crippen molar-refractivity contribution in [3.05, 3.63) is 55.5 Å². The molecular formula is C21H27CoN4. The van der Waals surface area contributed by atoms with E-state index >= 15 is 0 Å². The Morgan fingerprint density at radius 3 is 2.12 bits per heavy atom. The summed E-state index contributed by atoms with van der Waals surface area (Å²) in [5.41, 5.74) is 7.20. The van der Waals surface area contributed by atoms with E-state index in [4.69, 9.17) is 20.3 Å². The maximum absolute atomic E-state index is 4.95. The quantitative estimate of drug-likeness (QED) is 0.510. The van der Waals surface area contributed by atoms with Crippen molar-refractivity contribution in [2.75, 3.05) is 0 Å². The summed E-state index contributed by atoms with van der Waals surface area (Å²) in [4.78, 5) is 14.5. The number of hydrogen-bond donors (Lipinski definition) is 0. The summed E-state index contributed by atoms with van der Waals surface area (Å²) >= 11 is 0. The maximum atomic E-state index is 4.95. The number of hydrogen-bond acceptors (Lipinski definition) is 3. The van der Waals surface area contributed by atoms with E-state index in [-0.39, 0.29) is 31.6 Å². The summed E-state index contributed by atoms with van der Waals surface area (Å²) in [6.45, 7) is 0. The van der Waals surface area contributed by atoms with Crippen LogP contribution in [0.15, 0.2) is 50.3 Å². The average molecular weight is 394 g/mol. The van der Waals surface area contributed by atoms with Gasteiger partial charge in [0.25, 0.3) is 0 Å². The van der Waals surface area contributed by atoms with E-state index in [0.29, 0.717) is 12.1 Å². The summed E-state index contributed by atoms with van der Waals surface area (Å²) in [6, 6.07) is 0.754. The number of nitrogens with zero attached hydrogens (tertiary/aromatic N) is 4. The molecule has 1 fully saturated rings. The molecular weight excluding hydrogens is 367 g/mol. The Balaban J connectivity index is 0.000000810. The second-order valence-corrected chi connectivity index (χ2v) is 7.07. The van der Waals surface area contributed by atoms with Crippen molar-refractivity contribution in [2.24, 2.45) is 15.0 Å². The van der Waals surface area contributed by atoms with Gasteiger partial charge in [0.15, 0.2) is 0 Å². The van der Waals surface area contributed by atoms with Crippen molar-refractivity contribution in [3.63, 3.8) is 0 Å². The van der Waals surface area contributed by atoms with Crippen molar-refractivity contribution in [1.82, 2.24) is 0 Å². The minimum absolute atomic E-state index is 0. The molecule has 2 atom stereocenters. The van der Waals surface area contributed by atoms with Crippen LogP contribution < -0.4 is 0 Å². The van der Waals surface area contributed by atoms with Gasteiger partial charge in [-0.1, -0.05) is 18.5 Å². The summed E-state index contributed by atoms with van der Waals surface area (Å²) in [7, 11) is 0. The third-order valence-corrected chi connectivity index (χ3v) is 5.35. The zero-order valence-corrected chi connectivity index (χ0v) is 16.7. The molecule has 0 spiro atoms. The standard InChI is InChI=1S/C19H21N4.2CH3.Co/c1-3-14-10-16-5-7-18(22-16)19-8-6-17(23-19)11-15-4-2-13(21-15)9-12(1)20-14;;;/h9-11,18-19H,1-8H2;2*1H3;/q3*-1;+3/b12-9-,15-11-,16-10-;;;. The molecule has 0 radical (unpaired) electrons. The third-order valence-electron chi connectivity index (χ3n) is 5.35. The summed E-state index contributed by atoms with van der Waals surface area (Å²) < 4.78 is 0. The second-order valence-electron chi connectivity index (χ2n) is 7.07. The van der Waals surface area contributed by atoms with E-state index in [2.05, 4.69) is 18.2 Å². The molecule has 140 valence electrons. The van der Waals surface area contributed by atoms with Crippen LogP contribution in [0.5, 0.6) is 0 Å². The molecule has 0 amide bonds. The van der Waals surface area contributed by atoms with Gasteiger partial charge < -0.3 is 20.2 Å². The van der Waals surface area contributed by atoms with Gasteiger partial charge in [-0.25, -0.2) is 0 Å². The topological polar surface area (TPSA) is 51.2 Å². The monoisotopic (exact) mass is 394 g/mol. The Hall–Kier alpha value is -1.46. The molecule has 5 heterocycles. The van der Waals surface area contributed by atoms with E-state index in [1.807, 2.05) is 0 Å². The Morgan fingerprint density at radius 2 is 1.38 bits per heavy atom. The number of allylic oxidation sites excluding steroid dienone is 6. The van der Waals surface area contributed by atoms with Crippen molar-refractivity contribution < 1.29 is 16.8 Å². The minimum atomic E-state index is 0. The molecule has 5 rings (SSSR count). The van der Waals surface area contributed by atoms with Gasteiger partial charge in [-0.15, -0.1) is 0 Å². The Morgan fingerprint density at radius 1 is 0.731 bits per heavy atom. The van der Waals surface area contributed by atoms with E-state index < -0.39 is 0 Å². The van der Waals surface area contributed by atoms with Crippen molar-refractivity contribution in [1.29, 1.82) is 0 Å². The fourth-order valence-corrected chi connectivity index (χ4v) is 4.15. The molecule has 0 N–H and O–H groups in total. The summed E-state index contributed by atoms with van der Waals surface area (Å²) in [5.74, 6) is 0. The number of fused-ring (bicyclic) bond motifs is 6.